The number of ether oxygens (including phenoxy) is 1. The zero-order valence-corrected chi connectivity index (χ0v) is 18.0. The van der Waals surface area contributed by atoms with Crippen molar-refractivity contribution in [2.75, 3.05) is 6.61 Å². The topological polar surface area (TPSA) is 79.5 Å². The van der Waals surface area contributed by atoms with Crippen LogP contribution in [0.15, 0.2) is 53.0 Å². The number of hydrogen-bond donors (Lipinski definition) is 3. The van der Waals surface area contributed by atoms with Gasteiger partial charge in [0.15, 0.2) is 11.7 Å². The molecule has 2 aromatic carbocycles. The molecule has 9 heteroatoms. The molecule has 0 unspecified atom stereocenters. The minimum atomic E-state index is -0.466. The molecule has 0 fully saturated rings. The first kappa shape index (κ1) is 21.9. The number of rotatable bonds is 5. The molecule has 0 spiro atoms. The van der Waals surface area contributed by atoms with Crippen molar-refractivity contribution in [1.29, 1.82) is 0 Å². The van der Waals surface area contributed by atoms with Crippen LogP contribution in [0, 0.1) is 6.92 Å². The molecule has 2 aromatic rings. The number of carbonyl (C=O) groups excluding carboxylic acids is 2. The van der Waals surface area contributed by atoms with Crippen molar-refractivity contribution in [2.45, 2.75) is 6.92 Å². The molecular weight excluding hydrogens is 466 g/mol. The Hall–Kier alpha value is -2.42. The predicted molar refractivity (Wildman–Crippen MR) is 117 cm³/mol. The maximum Gasteiger partial charge on any atom is 0.276 e. The van der Waals surface area contributed by atoms with Crippen LogP contribution in [0.25, 0.3) is 6.08 Å². The fourth-order valence-corrected chi connectivity index (χ4v) is 2.95. The van der Waals surface area contributed by atoms with Crippen LogP contribution >= 0.6 is 39.7 Å². The maximum absolute atomic E-state index is 11.8. The number of nitrogens with one attached hydrogen (secondary N) is 3. The van der Waals surface area contributed by atoms with Crippen LogP contribution in [0.5, 0.6) is 5.75 Å². The zero-order chi connectivity index (χ0) is 20.5. The maximum atomic E-state index is 11.8. The van der Waals surface area contributed by atoms with Crippen LogP contribution in [0.4, 0.5) is 0 Å². The molecule has 146 valence electrons. The highest BCUT2D eigenvalue weighted by molar-refractivity contribution is 9.10. The van der Waals surface area contributed by atoms with E-state index in [1.807, 2.05) is 25.1 Å². The van der Waals surface area contributed by atoms with Gasteiger partial charge in [0.05, 0.1) is 4.47 Å². The van der Waals surface area contributed by atoms with Gasteiger partial charge in [0.1, 0.15) is 5.75 Å². The molecule has 28 heavy (non-hydrogen) atoms. The van der Waals surface area contributed by atoms with E-state index in [0.717, 1.165) is 10.0 Å². The highest BCUT2D eigenvalue weighted by atomic mass is 79.9. The number of thiocarbonyl (C=S) groups is 1. The molecule has 2 amide bonds. The van der Waals surface area contributed by atoms with Gasteiger partial charge < -0.3 is 4.74 Å². The fraction of sp³-hybridized carbons (Fsp3) is 0.105. The van der Waals surface area contributed by atoms with E-state index in [-0.39, 0.29) is 11.7 Å². The van der Waals surface area contributed by atoms with Crippen molar-refractivity contribution >= 4 is 62.8 Å². The molecule has 0 aromatic heterocycles. The summed E-state index contributed by atoms with van der Waals surface area (Å²) >= 11 is 14.3. The van der Waals surface area contributed by atoms with Crippen LogP contribution in [0.3, 0.4) is 0 Å². The lowest BCUT2D eigenvalue weighted by atomic mass is 10.2. The summed E-state index contributed by atoms with van der Waals surface area (Å²) in [5.74, 6) is -0.386. The summed E-state index contributed by atoms with van der Waals surface area (Å²) in [4.78, 5) is 23.7. The van der Waals surface area contributed by atoms with Crippen molar-refractivity contribution in [3.8, 4) is 5.75 Å². The van der Waals surface area contributed by atoms with Gasteiger partial charge in [0, 0.05) is 11.1 Å². The Morgan fingerprint density at radius 2 is 1.96 bits per heavy atom. The molecule has 0 aliphatic carbocycles. The molecule has 0 heterocycles. The van der Waals surface area contributed by atoms with Crippen LogP contribution in [0.1, 0.15) is 11.1 Å². The summed E-state index contributed by atoms with van der Waals surface area (Å²) in [5, 5.41) is 2.87. The first-order valence-electron chi connectivity index (χ1n) is 8.06. The molecule has 0 saturated carbocycles. The first-order valence-corrected chi connectivity index (χ1v) is 9.64. The molecule has 0 radical (unpaired) electrons. The largest absolute Gasteiger partial charge is 0.483 e. The summed E-state index contributed by atoms with van der Waals surface area (Å²) in [5.41, 5.74) is 6.54. The van der Waals surface area contributed by atoms with Gasteiger partial charge >= 0.3 is 0 Å². The second-order valence-electron chi connectivity index (χ2n) is 5.57. The Balaban J connectivity index is 1.73. The van der Waals surface area contributed by atoms with E-state index in [2.05, 4.69) is 32.1 Å². The second kappa shape index (κ2) is 10.8. The molecule has 2 rings (SSSR count). The van der Waals surface area contributed by atoms with Crippen molar-refractivity contribution in [3.63, 3.8) is 0 Å². The van der Waals surface area contributed by atoms with E-state index in [9.17, 15) is 9.59 Å². The summed E-state index contributed by atoms with van der Waals surface area (Å²) in [6.45, 7) is 1.72. The molecule has 0 aliphatic rings. The van der Waals surface area contributed by atoms with Gasteiger partial charge in [0.25, 0.3) is 5.91 Å². The highest BCUT2D eigenvalue weighted by Crippen LogP contribution is 2.25. The third kappa shape index (κ3) is 7.30. The second-order valence-corrected chi connectivity index (χ2v) is 7.24. The Morgan fingerprint density at radius 3 is 2.68 bits per heavy atom. The van der Waals surface area contributed by atoms with E-state index in [1.165, 1.54) is 6.08 Å². The number of amides is 2. The van der Waals surface area contributed by atoms with Gasteiger partial charge in [-0.15, -0.1) is 0 Å². The average Bonchev–Trinajstić information content (AvgIpc) is 2.65. The van der Waals surface area contributed by atoms with Crippen molar-refractivity contribution in [1.82, 2.24) is 16.2 Å². The molecule has 6 nitrogen and oxygen atoms in total. The zero-order valence-electron chi connectivity index (χ0n) is 14.8. The first-order chi connectivity index (χ1) is 13.3. The third-order valence-corrected chi connectivity index (χ3v) is 4.49. The molecule has 0 atom stereocenters. The predicted octanol–water partition coefficient (Wildman–Crippen LogP) is 3.53. The summed E-state index contributed by atoms with van der Waals surface area (Å²) in [7, 11) is 0. The number of carbonyl (C=O) groups is 2. The Bertz CT molecular complexity index is 921. The minimum Gasteiger partial charge on any atom is -0.483 e. The third-order valence-electron chi connectivity index (χ3n) is 3.32. The van der Waals surface area contributed by atoms with Crippen molar-refractivity contribution in [2.24, 2.45) is 0 Å². The highest BCUT2D eigenvalue weighted by Gasteiger charge is 2.07. The van der Waals surface area contributed by atoms with E-state index in [4.69, 9.17) is 28.6 Å². The summed E-state index contributed by atoms with van der Waals surface area (Å²) in [6, 6.07) is 12.6. The number of hydrogen-bond acceptors (Lipinski definition) is 4. The van der Waals surface area contributed by atoms with Crippen LogP contribution < -0.4 is 20.9 Å². The van der Waals surface area contributed by atoms with Crippen molar-refractivity contribution < 1.29 is 14.3 Å². The summed E-state index contributed by atoms with van der Waals surface area (Å²) < 4.78 is 6.16. The van der Waals surface area contributed by atoms with E-state index in [0.29, 0.717) is 16.3 Å². The van der Waals surface area contributed by atoms with Crippen molar-refractivity contribution in [3.05, 3.63) is 69.2 Å². The SMILES string of the molecule is Cc1ccc(OCC(=O)NNC(=S)NC(=O)/C=C/c2ccccc2Cl)c(Br)c1. The number of aryl methyl sites for hydroxylation is 1. The van der Waals surface area contributed by atoms with Crippen LogP contribution in [-0.4, -0.2) is 23.5 Å². The number of benzene rings is 2. The molecule has 3 N–H and O–H groups in total. The molecule has 0 aliphatic heterocycles. The van der Waals surface area contributed by atoms with Gasteiger partial charge in [-0.05, 0) is 70.5 Å². The minimum absolute atomic E-state index is 0.0568. The standard InChI is InChI=1S/C19H17BrClN3O3S/c1-12-6-8-16(14(20)10-12)27-11-18(26)23-24-19(28)22-17(25)9-7-13-4-2-3-5-15(13)21/h2-10H,11H2,1H3,(H,23,26)(H2,22,24,25,28)/b9-7+. The molecular formula is C19H17BrClN3O3S. The normalized spacial score (nSPS) is 10.4. The van der Waals surface area contributed by atoms with Gasteiger partial charge in [-0.2, -0.15) is 0 Å². The number of halogens is 2. The van der Waals surface area contributed by atoms with Gasteiger partial charge in [-0.25, -0.2) is 0 Å². The van der Waals surface area contributed by atoms with Gasteiger partial charge in [-0.1, -0.05) is 35.9 Å². The lowest BCUT2D eigenvalue weighted by Crippen LogP contribution is -2.49. The smallest absolute Gasteiger partial charge is 0.276 e. The van der Waals surface area contributed by atoms with E-state index < -0.39 is 11.8 Å². The molecule has 0 bridgehead atoms. The molecule has 0 saturated heterocycles. The Morgan fingerprint density at radius 1 is 1.21 bits per heavy atom. The van der Waals surface area contributed by atoms with Crippen LogP contribution in [0.2, 0.25) is 5.02 Å². The lowest BCUT2D eigenvalue weighted by molar-refractivity contribution is -0.123. The van der Waals surface area contributed by atoms with Crippen LogP contribution in [-0.2, 0) is 9.59 Å². The van der Waals surface area contributed by atoms with E-state index >= 15 is 0 Å². The van der Waals surface area contributed by atoms with Gasteiger partial charge in [0.2, 0.25) is 5.91 Å². The Kier molecular flexibility index (Phi) is 8.43. The monoisotopic (exact) mass is 481 g/mol. The quantitative estimate of drug-likeness (QED) is 0.345. The number of hydrazine groups is 1. The summed E-state index contributed by atoms with van der Waals surface area (Å²) in [6.07, 6.45) is 2.85. The van der Waals surface area contributed by atoms with Gasteiger partial charge in [-0.3, -0.25) is 25.8 Å². The average molecular weight is 483 g/mol. The van der Waals surface area contributed by atoms with E-state index in [1.54, 1.807) is 30.3 Å². The fourth-order valence-electron chi connectivity index (χ4n) is 1.99. The lowest BCUT2D eigenvalue weighted by Gasteiger charge is -2.11. The Labute approximate surface area is 181 Å².